The van der Waals surface area contributed by atoms with E-state index in [0.717, 1.165) is 28.3 Å². The lowest BCUT2D eigenvalue weighted by Crippen LogP contribution is -2.04. The van der Waals surface area contributed by atoms with Crippen LogP contribution in [0.25, 0.3) is 11.3 Å². The van der Waals surface area contributed by atoms with Gasteiger partial charge in [-0.05, 0) is 54.1 Å². The SMILES string of the molecule is COc1ccc(CNc2nc(-c3ccc(OC)cc3)ccc2C#N)cc1. The van der Waals surface area contributed by atoms with Crippen LogP contribution in [0.15, 0.2) is 60.7 Å². The van der Waals surface area contributed by atoms with Gasteiger partial charge in [-0.25, -0.2) is 4.98 Å². The standard InChI is InChI=1S/C21H19N3O2/c1-25-18-8-3-15(4-9-18)14-23-21-17(13-22)7-12-20(24-21)16-5-10-19(26-2)11-6-16/h3-12H,14H2,1-2H3,(H,23,24). The van der Waals surface area contributed by atoms with E-state index in [1.165, 1.54) is 0 Å². The molecule has 0 bridgehead atoms. The minimum absolute atomic E-state index is 0.510. The summed E-state index contributed by atoms with van der Waals surface area (Å²) in [5.41, 5.74) is 3.34. The Morgan fingerprint density at radius 3 is 2.08 bits per heavy atom. The fourth-order valence-electron chi connectivity index (χ4n) is 2.54. The highest BCUT2D eigenvalue weighted by Crippen LogP contribution is 2.24. The van der Waals surface area contributed by atoms with Crippen LogP contribution in [0.5, 0.6) is 11.5 Å². The molecule has 0 radical (unpaired) electrons. The minimum atomic E-state index is 0.510. The normalized spacial score (nSPS) is 10.0. The largest absolute Gasteiger partial charge is 0.497 e. The second kappa shape index (κ2) is 8.04. The highest BCUT2D eigenvalue weighted by molar-refractivity contribution is 5.65. The summed E-state index contributed by atoms with van der Waals surface area (Å²) in [6, 6.07) is 21.2. The number of nitrogens with one attached hydrogen (secondary N) is 1. The predicted octanol–water partition coefficient (Wildman–Crippen LogP) is 4.25. The molecule has 0 spiro atoms. The van der Waals surface area contributed by atoms with Crippen LogP contribution in [0.1, 0.15) is 11.1 Å². The van der Waals surface area contributed by atoms with Crippen molar-refractivity contribution in [3.8, 4) is 28.8 Å². The van der Waals surface area contributed by atoms with Crippen molar-refractivity contribution in [1.29, 1.82) is 5.26 Å². The van der Waals surface area contributed by atoms with E-state index in [0.29, 0.717) is 17.9 Å². The molecule has 1 N–H and O–H groups in total. The van der Waals surface area contributed by atoms with E-state index in [9.17, 15) is 5.26 Å². The highest BCUT2D eigenvalue weighted by Gasteiger charge is 2.08. The fourth-order valence-corrected chi connectivity index (χ4v) is 2.54. The van der Waals surface area contributed by atoms with Gasteiger partial charge in [0.1, 0.15) is 23.4 Å². The number of pyridine rings is 1. The molecule has 5 heteroatoms. The first-order valence-electron chi connectivity index (χ1n) is 8.16. The second-order valence-electron chi connectivity index (χ2n) is 5.63. The lowest BCUT2D eigenvalue weighted by atomic mass is 10.1. The van der Waals surface area contributed by atoms with E-state index in [2.05, 4.69) is 16.4 Å². The number of methoxy groups -OCH3 is 2. The first-order chi connectivity index (χ1) is 12.7. The van der Waals surface area contributed by atoms with Crippen molar-refractivity contribution in [2.24, 2.45) is 0 Å². The molecule has 0 aliphatic rings. The Kier molecular flexibility index (Phi) is 5.35. The maximum absolute atomic E-state index is 9.35. The summed E-state index contributed by atoms with van der Waals surface area (Å²) in [7, 11) is 3.27. The Bertz CT molecular complexity index is 913. The predicted molar refractivity (Wildman–Crippen MR) is 101 cm³/mol. The van der Waals surface area contributed by atoms with Crippen LogP contribution in [0.2, 0.25) is 0 Å². The molecule has 0 saturated carbocycles. The van der Waals surface area contributed by atoms with Crippen molar-refractivity contribution in [3.63, 3.8) is 0 Å². The summed E-state index contributed by atoms with van der Waals surface area (Å²) in [6.45, 7) is 0.567. The van der Waals surface area contributed by atoms with E-state index in [-0.39, 0.29) is 0 Å². The number of nitrogens with zero attached hydrogens (tertiary/aromatic N) is 2. The van der Waals surface area contributed by atoms with Gasteiger partial charge in [0, 0.05) is 12.1 Å². The summed E-state index contributed by atoms with van der Waals surface area (Å²) in [6.07, 6.45) is 0. The molecule has 2 aromatic carbocycles. The van der Waals surface area contributed by atoms with Crippen LogP contribution in [0.3, 0.4) is 0 Å². The van der Waals surface area contributed by atoms with Crippen LogP contribution in [-0.4, -0.2) is 19.2 Å². The smallest absolute Gasteiger partial charge is 0.144 e. The first-order valence-corrected chi connectivity index (χ1v) is 8.16. The van der Waals surface area contributed by atoms with Gasteiger partial charge in [-0.15, -0.1) is 0 Å². The van der Waals surface area contributed by atoms with Gasteiger partial charge in [0.15, 0.2) is 0 Å². The average Bonchev–Trinajstić information content (AvgIpc) is 2.72. The Balaban J connectivity index is 1.81. The molecule has 5 nitrogen and oxygen atoms in total. The van der Waals surface area contributed by atoms with Crippen LogP contribution in [0, 0.1) is 11.3 Å². The van der Waals surface area contributed by atoms with Gasteiger partial charge in [-0.3, -0.25) is 0 Å². The topological polar surface area (TPSA) is 67.2 Å². The number of nitriles is 1. The number of rotatable bonds is 6. The van der Waals surface area contributed by atoms with Gasteiger partial charge >= 0.3 is 0 Å². The average molecular weight is 345 g/mol. The Labute approximate surface area is 152 Å². The zero-order chi connectivity index (χ0) is 18.4. The van der Waals surface area contributed by atoms with Crippen molar-refractivity contribution in [3.05, 3.63) is 71.8 Å². The zero-order valence-corrected chi connectivity index (χ0v) is 14.7. The summed E-state index contributed by atoms with van der Waals surface area (Å²) >= 11 is 0. The molecule has 1 heterocycles. The summed E-state index contributed by atoms with van der Waals surface area (Å²) in [5.74, 6) is 2.17. The first kappa shape index (κ1) is 17.3. The fraction of sp³-hybridized carbons (Fsp3) is 0.143. The van der Waals surface area contributed by atoms with Crippen molar-refractivity contribution in [2.75, 3.05) is 19.5 Å². The van der Waals surface area contributed by atoms with Crippen molar-refractivity contribution < 1.29 is 9.47 Å². The van der Waals surface area contributed by atoms with Gasteiger partial charge in [-0.1, -0.05) is 12.1 Å². The molecular weight excluding hydrogens is 326 g/mol. The quantitative estimate of drug-likeness (QED) is 0.723. The van der Waals surface area contributed by atoms with E-state index in [4.69, 9.17) is 9.47 Å². The van der Waals surface area contributed by atoms with E-state index >= 15 is 0 Å². The number of benzene rings is 2. The van der Waals surface area contributed by atoms with Crippen molar-refractivity contribution in [2.45, 2.75) is 6.54 Å². The van der Waals surface area contributed by atoms with Gasteiger partial charge in [0.2, 0.25) is 0 Å². The minimum Gasteiger partial charge on any atom is -0.497 e. The number of hydrogen-bond donors (Lipinski definition) is 1. The van der Waals surface area contributed by atoms with Crippen molar-refractivity contribution >= 4 is 5.82 Å². The molecule has 26 heavy (non-hydrogen) atoms. The third-order valence-electron chi connectivity index (χ3n) is 4.02. The lowest BCUT2D eigenvalue weighted by Gasteiger charge is -2.10. The Morgan fingerprint density at radius 1 is 0.885 bits per heavy atom. The van der Waals surface area contributed by atoms with Crippen LogP contribution in [-0.2, 0) is 6.54 Å². The number of hydrogen-bond acceptors (Lipinski definition) is 5. The molecule has 0 unspecified atom stereocenters. The van der Waals surface area contributed by atoms with Gasteiger partial charge < -0.3 is 14.8 Å². The summed E-state index contributed by atoms with van der Waals surface area (Å²) in [4.78, 5) is 4.62. The highest BCUT2D eigenvalue weighted by atomic mass is 16.5. The molecule has 3 rings (SSSR count). The van der Waals surface area contributed by atoms with E-state index < -0.39 is 0 Å². The summed E-state index contributed by atoms with van der Waals surface area (Å²) in [5, 5.41) is 12.6. The molecule has 0 saturated heterocycles. The summed E-state index contributed by atoms with van der Waals surface area (Å²) < 4.78 is 10.3. The van der Waals surface area contributed by atoms with Crippen LogP contribution in [0.4, 0.5) is 5.82 Å². The maximum Gasteiger partial charge on any atom is 0.144 e. The number of anilines is 1. The van der Waals surface area contributed by atoms with Crippen LogP contribution < -0.4 is 14.8 Å². The molecular formula is C21H19N3O2. The molecule has 3 aromatic rings. The van der Waals surface area contributed by atoms with E-state index in [1.54, 1.807) is 20.3 Å². The number of ether oxygens (including phenoxy) is 2. The van der Waals surface area contributed by atoms with Crippen LogP contribution >= 0.6 is 0 Å². The molecule has 0 aliphatic heterocycles. The number of aromatic nitrogens is 1. The Hall–Kier alpha value is -3.52. The molecule has 0 atom stereocenters. The third-order valence-corrected chi connectivity index (χ3v) is 4.02. The monoisotopic (exact) mass is 345 g/mol. The molecule has 0 aliphatic carbocycles. The lowest BCUT2D eigenvalue weighted by molar-refractivity contribution is 0.414. The molecule has 0 amide bonds. The second-order valence-corrected chi connectivity index (χ2v) is 5.63. The maximum atomic E-state index is 9.35. The van der Waals surface area contributed by atoms with Gasteiger partial charge in [0.25, 0.3) is 0 Å². The Morgan fingerprint density at radius 2 is 1.50 bits per heavy atom. The zero-order valence-electron chi connectivity index (χ0n) is 14.7. The molecule has 1 aromatic heterocycles. The third kappa shape index (κ3) is 3.93. The van der Waals surface area contributed by atoms with Gasteiger partial charge in [0.05, 0.1) is 25.5 Å². The van der Waals surface area contributed by atoms with Gasteiger partial charge in [-0.2, -0.15) is 5.26 Å². The van der Waals surface area contributed by atoms with Crippen molar-refractivity contribution in [1.82, 2.24) is 4.98 Å². The van der Waals surface area contributed by atoms with E-state index in [1.807, 2.05) is 54.6 Å². The molecule has 0 fully saturated rings. The molecule has 130 valence electrons.